The van der Waals surface area contributed by atoms with Crippen molar-refractivity contribution in [2.75, 3.05) is 19.3 Å². The Hall–Kier alpha value is -1.45. The summed E-state index contributed by atoms with van der Waals surface area (Å²) < 4.78 is 31.1. The number of thiophene rings is 1. The summed E-state index contributed by atoms with van der Waals surface area (Å²) >= 11 is 1.48. The standard InChI is InChI=1S/C13H17N3O4S2/c1-22(18,19)15-6-2-4-10(8-15)9-16-12(14-20-13(16)17)11-5-3-7-21-11/h3,5,7,10H,2,4,6,8-9H2,1H3. The molecular weight excluding hydrogens is 326 g/mol. The summed E-state index contributed by atoms with van der Waals surface area (Å²) in [5.74, 6) is 0.0932. The average Bonchev–Trinajstić information content (AvgIpc) is 3.09. The summed E-state index contributed by atoms with van der Waals surface area (Å²) in [6, 6.07) is 3.76. The SMILES string of the molecule is CS(=O)(=O)N1CCCC(Cn2c(-c3cccs3)noc2=O)C1. The van der Waals surface area contributed by atoms with Crippen molar-refractivity contribution in [3.63, 3.8) is 0 Å². The van der Waals surface area contributed by atoms with Gasteiger partial charge in [-0.05, 0) is 30.2 Å². The fourth-order valence-electron chi connectivity index (χ4n) is 2.75. The van der Waals surface area contributed by atoms with Gasteiger partial charge in [-0.2, -0.15) is 0 Å². The average molecular weight is 343 g/mol. The Morgan fingerprint density at radius 1 is 1.50 bits per heavy atom. The van der Waals surface area contributed by atoms with Gasteiger partial charge in [-0.15, -0.1) is 11.3 Å². The van der Waals surface area contributed by atoms with Crippen LogP contribution in [0.5, 0.6) is 0 Å². The maximum atomic E-state index is 11.9. The fraction of sp³-hybridized carbons (Fsp3) is 0.538. The summed E-state index contributed by atoms with van der Waals surface area (Å²) in [4.78, 5) is 12.8. The minimum atomic E-state index is -3.19. The molecule has 1 aliphatic heterocycles. The highest BCUT2D eigenvalue weighted by Gasteiger charge is 2.27. The zero-order valence-electron chi connectivity index (χ0n) is 12.1. The monoisotopic (exact) mass is 343 g/mol. The van der Waals surface area contributed by atoms with Crippen molar-refractivity contribution in [3.8, 4) is 10.7 Å². The van der Waals surface area contributed by atoms with E-state index in [1.807, 2.05) is 17.5 Å². The molecule has 2 aromatic heterocycles. The summed E-state index contributed by atoms with van der Waals surface area (Å²) in [7, 11) is -3.19. The molecule has 3 rings (SSSR count). The highest BCUT2D eigenvalue weighted by atomic mass is 32.2. The maximum Gasteiger partial charge on any atom is 0.441 e. The van der Waals surface area contributed by atoms with Crippen LogP contribution in [0.4, 0.5) is 0 Å². The van der Waals surface area contributed by atoms with Gasteiger partial charge in [0.05, 0.1) is 11.1 Å². The van der Waals surface area contributed by atoms with Crippen molar-refractivity contribution >= 4 is 21.4 Å². The van der Waals surface area contributed by atoms with Crippen LogP contribution < -0.4 is 5.76 Å². The van der Waals surface area contributed by atoms with Crippen LogP contribution >= 0.6 is 11.3 Å². The van der Waals surface area contributed by atoms with Crippen LogP contribution in [0.1, 0.15) is 12.8 Å². The zero-order chi connectivity index (χ0) is 15.7. The van der Waals surface area contributed by atoms with Crippen molar-refractivity contribution < 1.29 is 12.9 Å². The van der Waals surface area contributed by atoms with Crippen LogP contribution in [0.3, 0.4) is 0 Å². The molecule has 0 aromatic carbocycles. The summed E-state index contributed by atoms with van der Waals surface area (Å²) in [6.45, 7) is 1.40. The minimum absolute atomic E-state index is 0.0827. The van der Waals surface area contributed by atoms with Gasteiger partial charge in [-0.25, -0.2) is 17.5 Å². The normalized spacial score (nSPS) is 20.3. The van der Waals surface area contributed by atoms with Gasteiger partial charge < -0.3 is 0 Å². The molecule has 0 saturated carbocycles. The molecule has 1 atom stereocenters. The van der Waals surface area contributed by atoms with E-state index in [4.69, 9.17) is 4.52 Å². The van der Waals surface area contributed by atoms with Gasteiger partial charge in [-0.3, -0.25) is 9.09 Å². The fourth-order valence-corrected chi connectivity index (χ4v) is 4.40. The predicted molar refractivity (Wildman–Crippen MR) is 83.2 cm³/mol. The quantitative estimate of drug-likeness (QED) is 0.834. The molecular formula is C13H17N3O4S2. The van der Waals surface area contributed by atoms with E-state index in [1.54, 1.807) is 0 Å². The molecule has 1 fully saturated rings. The van der Waals surface area contributed by atoms with Gasteiger partial charge in [0.25, 0.3) is 0 Å². The molecule has 0 aliphatic carbocycles. The molecule has 0 spiro atoms. The van der Waals surface area contributed by atoms with Crippen LogP contribution in [0.15, 0.2) is 26.8 Å². The Bertz CT molecular complexity index is 792. The topological polar surface area (TPSA) is 85.4 Å². The van der Waals surface area contributed by atoms with Gasteiger partial charge in [0.2, 0.25) is 10.0 Å². The molecule has 0 bridgehead atoms. The third-order valence-corrected chi connectivity index (χ3v) is 5.95. The molecule has 1 saturated heterocycles. The van der Waals surface area contributed by atoms with Crippen molar-refractivity contribution in [2.45, 2.75) is 19.4 Å². The zero-order valence-corrected chi connectivity index (χ0v) is 13.8. The number of rotatable bonds is 4. The predicted octanol–water partition coefficient (Wildman–Crippen LogP) is 1.24. The third kappa shape index (κ3) is 3.16. The number of aromatic nitrogens is 2. The van der Waals surface area contributed by atoms with E-state index in [1.165, 1.54) is 26.5 Å². The molecule has 1 aliphatic rings. The first-order chi connectivity index (χ1) is 10.4. The summed E-state index contributed by atoms with van der Waals surface area (Å²) in [5, 5.41) is 5.75. The molecule has 2 aromatic rings. The van der Waals surface area contributed by atoms with E-state index >= 15 is 0 Å². The van der Waals surface area contributed by atoms with Gasteiger partial charge in [0, 0.05) is 19.6 Å². The highest BCUT2D eigenvalue weighted by Crippen LogP contribution is 2.25. The van der Waals surface area contributed by atoms with E-state index in [0.717, 1.165) is 17.7 Å². The Morgan fingerprint density at radius 2 is 2.32 bits per heavy atom. The van der Waals surface area contributed by atoms with Crippen molar-refractivity contribution in [1.82, 2.24) is 14.0 Å². The molecule has 9 heteroatoms. The smallest absolute Gasteiger partial charge is 0.295 e. The number of piperidine rings is 1. The largest absolute Gasteiger partial charge is 0.441 e. The van der Waals surface area contributed by atoms with Crippen molar-refractivity contribution in [1.29, 1.82) is 0 Å². The molecule has 7 nitrogen and oxygen atoms in total. The Morgan fingerprint density at radius 3 is 3.00 bits per heavy atom. The van der Waals surface area contributed by atoms with Crippen LogP contribution in [0, 0.1) is 5.92 Å². The van der Waals surface area contributed by atoms with E-state index in [-0.39, 0.29) is 5.92 Å². The molecule has 0 radical (unpaired) electrons. The number of nitrogens with zero attached hydrogens (tertiary/aromatic N) is 3. The minimum Gasteiger partial charge on any atom is -0.295 e. The number of hydrogen-bond donors (Lipinski definition) is 0. The lowest BCUT2D eigenvalue weighted by atomic mass is 9.99. The summed E-state index contributed by atoms with van der Waals surface area (Å²) in [5.41, 5.74) is 0. The Labute approximate surface area is 132 Å². The van der Waals surface area contributed by atoms with Crippen LogP contribution in [-0.2, 0) is 16.6 Å². The van der Waals surface area contributed by atoms with E-state index < -0.39 is 15.8 Å². The summed E-state index contributed by atoms with van der Waals surface area (Å²) in [6.07, 6.45) is 2.90. The second kappa shape index (κ2) is 5.98. The van der Waals surface area contributed by atoms with Crippen LogP contribution in [-0.4, -0.2) is 41.8 Å². The molecule has 3 heterocycles. The molecule has 1 unspecified atom stereocenters. The second-order valence-electron chi connectivity index (χ2n) is 5.49. The molecule has 22 heavy (non-hydrogen) atoms. The van der Waals surface area contributed by atoms with Gasteiger partial charge in [0.1, 0.15) is 0 Å². The lowest BCUT2D eigenvalue weighted by Crippen LogP contribution is -2.41. The lowest BCUT2D eigenvalue weighted by molar-refractivity contribution is 0.242. The maximum absolute atomic E-state index is 11.9. The Balaban J connectivity index is 1.82. The number of hydrogen-bond acceptors (Lipinski definition) is 6. The van der Waals surface area contributed by atoms with Crippen LogP contribution in [0.25, 0.3) is 10.7 Å². The van der Waals surface area contributed by atoms with E-state index in [9.17, 15) is 13.2 Å². The molecule has 0 amide bonds. The Kier molecular flexibility index (Phi) is 4.20. The molecule has 0 N–H and O–H groups in total. The van der Waals surface area contributed by atoms with Crippen molar-refractivity contribution in [2.24, 2.45) is 5.92 Å². The van der Waals surface area contributed by atoms with Crippen molar-refractivity contribution in [3.05, 3.63) is 28.1 Å². The number of sulfonamides is 1. The van der Waals surface area contributed by atoms with Crippen LogP contribution in [0.2, 0.25) is 0 Å². The second-order valence-corrected chi connectivity index (χ2v) is 8.42. The first kappa shape index (κ1) is 15.4. The lowest BCUT2D eigenvalue weighted by Gasteiger charge is -2.30. The first-order valence-electron chi connectivity index (χ1n) is 7.00. The van der Waals surface area contributed by atoms with Gasteiger partial charge >= 0.3 is 5.76 Å². The molecule has 120 valence electrons. The van der Waals surface area contributed by atoms with Gasteiger partial charge in [-0.1, -0.05) is 11.2 Å². The van der Waals surface area contributed by atoms with E-state index in [2.05, 4.69) is 5.16 Å². The third-order valence-electron chi connectivity index (χ3n) is 3.82. The first-order valence-corrected chi connectivity index (χ1v) is 9.73. The van der Waals surface area contributed by atoms with Gasteiger partial charge in [0.15, 0.2) is 5.82 Å². The highest BCUT2D eigenvalue weighted by molar-refractivity contribution is 7.88. The van der Waals surface area contributed by atoms with E-state index in [0.29, 0.717) is 25.5 Å².